The molecule has 1 aromatic carbocycles. The van der Waals surface area contributed by atoms with E-state index in [0.717, 1.165) is 12.1 Å². The Bertz CT molecular complexity index is 827. The molecule has 152 valence electrons. The number of hydrogen-bond acceptors (Lipinski definition) is 4. The minimum Gasteiger partial charge on any atom is -0.396 e. The number of fused-ring (bicyclic) bond motifs is 2. The zero-order valence-corrected chi connectivity index (χ0v) is 17.5. The molecule has 1 aromatic rings. The lowest BCUT2D eigenvalue weighted by Crippen LogP contribution is -2.42. The summed E-state index contributed by atoms with van der Waals surface area (Å²) in [4.78, 5) is 27.0. The van der Waals surface area contributed by atoms with E-state index in [1.165, 1.54) is 0 Å². The predicted octanol–water partition coefficient (Wildman–Crippen LogP) is 2.92. The lowest BCUT2D eigenvalue weighted by Gasteiger charge is -2.30. The van der Waals surface area contributed by atoms with Gasteiger partial charge in [-0.1, -0.05) is 6.92 Å². The first-order chi connectivity index (χ1) is 13.2. The number of aliphatic hydroxyl groups excluding tert-OH is 1. The molecule has 0 radical (unpaired) electrons. The van der Waals surface area contributed by atoms with Gasteiger partial charge in [0.25, 0.3) is 5.91 Å². The van der Waals surface area contributed by atoms with Crippen LogP contribution in [0.1, 0.15) is 31.7 Å². The third-order valence-corrected chi connectivity index (χ3v) is 8.95. The molecule has 6 nitrogen and oxygen atoms in total. The summed E-state index contributed by atoms with van der Waals surface area (Å²) < 4.78 is 21.5. The highest BCUT2D eigenvalue weighted by Crippen LogP contribution is 2.59. The van der Waals surface area contributed by atoms with Crippen LogP contribution in [-0.2, 0) is 19.9 Å². The van der Waals surface area contributed by atoms with Crippen LogP contribution >= 0.6 is 0 Å². The zero-order chi connectivity index (χ0) is 20.3. The van der Waals surface area contributed by atoms with Crippen molar-refractivity contribution in [1.29, 1.82) is 0 Å². The highest BCUT2D eigenvalue weighted by molar-refractivity contribution is 6.72. The molecule has 4 atom stereocenters. The topological polar surface area (TPSA) is 78.9 Å². The highest BCUT2D eigenvalue weighted by atomic mass is 28.4. The van der Waals surface area contributed by atoms with E-state index in [-0.39, 0.29) is 24.3 Å². The number of aliphatic hydroxyl groups is 1. The number of halogens is 1. The first kappa shape index (κ1) is 19.5. The van der Waals surface area contributed by atoms with E-state index in [2.05, 4.69) is 5.32 Å². The summed E-state index contributed by atoms with van der Waals surface area (Å²) in [5, 5.41) is 12.4. The molecule has 0 aliphatic carbocycles. The van der Waals surface area contributed by atoms with E-state index in [0.29, 0.717) is 30.6 Å². The van der Waals surface area contributed by atoms with Gasteiger partial charge < -0.3 is 24.2 Å². The van der Waals surface area contributed by atoms with Crippen LogP contribution in [-0.4, -0.2) is 44.6 Å². The Morgan fingerprint density at radius 2 is 2.14 bits per heavy atom. The van der Waals surface area contributed by atoms with Crippen molar-refractivity contribution in [2.24, 2.45) is 5.92 Å². The van der Waals surface area contributed by atoms with Crippen molar-refractivity contribution in [3.63, 3.8) is 0 Å². The van der Waals surface area contributed by atoms with Crippen LogP contribution in [0.5, 0.6) is 0 Å². The van der Waals surface area contributed by atoms with Gasteiger partial charge in [0.05, 0.1) is 6.10 Å². The molecule has 0 unspecified atom stereocenters. The summed E-state index contributed by atoms with van der Waals surface area (Å²) in [7, 11) is -3.16. The lowest BCUT2D eigenvalue weighted by molar-refractivity contribution is -0.143. The number of nitrogens with zero attached hydrogens (tertiary/aromatic N) is 1. The van der Waals surface area contributed by atoms with Gasteiger partial charge in [0.2, 0.25) is 14.3 Å². The van der Waals surface area contributed by atoms with Gasteiger partial charge >= 0.3 is 0 Å². The van der Waals surface area contributed by atoms with Crippen molar-refractivity contribution < 1.29 is 23.5 Å². The molecule has 2 amide bonds. The van der Waals surface area contributed by atoms with Crippen molar-refractivity contribution in [3.05, 3.63) is 23.8 Å². The Kier molecular flexibility index (Phi) is 4.63. The van der Waals surface area contributed by atoms with Crippen LogP contribution in [0, 0.1) is 5.92 Å². The molecule has 2 N–H and O–H groups in total. The smallest absolute Gasteiger partial charge is 0.261 e. The van der Waals surface area contributed by atoms with E-state index >= 15 is 4.11 Å². The van der Waals surface area contributed by atoms with Crippen molar-refractivity contribution in [2.45, 2.75) is 56.5 Å². The van der Waals surface area contributed by atoms with Gasteiger partial charge in [-0.3, -0.25) is 9.59 Å². The molecule has 8 heteroatoms. The van der Waals surface area contributed by atoms with Crippen LogP contribution in [0.15, 0.2) is 18.2 Å². The van der Waals surface area contributed by atoms with Gasteiger partial charge in [0, 0.05) is 48.0 Å². The van der Waals surface area contributed by atoms with Crippen molar-refractivity contribution in [1.82, 2.24) is 0 Å². The molecule has 4 rings (SSSR count). The molecule has 0 saturated carbocycles. The number of hydrogen-bond donors (Lipinski definition) is 2. The summed E-state index contributed by atoms with van der Waals surface area (Å²) in [6.07, 6.45) is 1.12. The second-order valence-corrected chi connectivity index (χ2v) is 12.4. The number of rotatable bonds is 4. The lowest BCUT2D eigenvalue weighted by atomic mass is 9.82. The zero-order valence-electron chi connectivity index (χ0n) is 16.5. The molecule has 28 heavy (non-hydrogen) atoms. The summed E-state index contributed by atoms with van der Waals surface area (Å²) >= 11 is 0. The Labute approximate surface area is 165 Å². The second-order valence-electron chi connectivity index (χ2n) is 8.62. The van der Waals surface area contributed by atoms with Crippen LogP contribution in [0.3, 0.4) is 0 Å². The molecule has 3 aliphatic heterocycles. The fourth-order valence-corrected chi connectivity index (χ4v) is 7.88. The van der Waals surface area contributed by atoms with Gasteiger partial charge in [0.15, 0.2) is 5.60 Å². The van der Waals surface area contributed by atoms with Crippen LogP contribution < -0.4 is 10.2 Å². The van der Waals surface area contributed by atoms with Gasteiger partial charge in [-0.15, -0.1) is 0 Å². The Balaban J connectivity index is 1.80. The Hall–Kier alpha value is -1.77. The molecule has 3 aliphatic rings. The summed E-state index contributed by atoms with van der Waals surface area (Å²) in [6, 6.07) is 5.47. The van der Waals surface area contributed by atoms with Crippen molar-refractivity contribution in [2.75, 3.05) is 23.4 Å². The van der Waals surface area contributed by atoms with E-state index in [4.69, 9.17) is 4.74 Å². The number of benzene rings is 1. The fraction of sp³-hybridized carbons (Fsp3) is 0.600. The maximum absolute atomic E-state index is 15.2. The molecule has 0 bridgehead atoms. The number of carbonyl (C=O) groups excluding carboxylic acids is 2. The first-order valence-electron chi connectivity index (χ1n) is 9.94. The average Bonchev–Trinajstić information content (AvgIpc) is 3.24. The summed E-state index contributed by atoms with van der Waals surface area (Å²) in [5.74, 6) is -0.593. The van der Waals surface area contributed by atoms with Crippen molar-refractivity contribution in [3.8, 4) is 0 Å². The third-order valence-electron chi connectivity index (χ3n) is 6.50. The largest absolute Gasteiger partial charge is 0.396 e. The monoisotopic (exact) mass is 406 g/mol. The minimum atomic E-state index is -3.16. The predicted molar refractivity (Wildman–Crippen MR) is 106 cm³/mol. The number of nitrogens with one attached hydrogen (secondary N) is 1. The molecule has 2 fully saturated rings. The molecule has 3 heterocycles. The maximum atomic E-state index is 15.2. The SMILES string of the molecule is C[C@@H]1[C@@H]([Si](C)(C)F)[C@H](CCO)O[C@@]12C(=O)Nc1ccc(N3CCCC3=O)cc12. The van der Waals surface area contributed by atoms with Crippen LogP contribution in [0.25, 0.3) is 0 Å². The molecule has 2 saturated heterocycles. The maximum Gasteiger partial charge on any atom is 0.261 e. The third kappa shape index (κ3) is 2.73. The van der Waals surface area contributed by atoms with Gasteiger partial charge in [0.1, 0.15) is 0 Å². The Morgan fingerprint density at radius 1 is 1.39 bits per heavy atom. The number of ether oxygens (including phenoxy) is 1. The Morgan fingerprint density at radius 3 is 2.75 bits per heavy atom. The fourth-order valence-electron chi connectivity index (χ4n) is 5.34. The standard InChI is InChI=1S/C20H27FN2O4Si/c1-12-18(28(2,3)21)16(8-10-24)27-20(12)14-11-13(23-9-4-5-17(23)25)6-7-15(14)22-19(20)26/h6-7,11-12,16,18,24H,4-5,8-10H2,1-3H3,(H,22,26)/t12-,16+,18-,20+/m1/s1. The van der Waals surface area contributed by atoms with Gasteiger partial charge in [-0.05, 0) is 44.1 Å². The molecular weight excluding hydrogens is 379 g/mol. The quantitative estimate of drug-likeness (QED) is 0.595. The molecular formula is C20H27FN2O4Si. The molecule has 1 spiro atoms. The second kappa shape index (κ2) is 6.64. The van der Waals surface area contributed by atoms with Crippen LogP contribution in [0.2, 0.25) is 18.6 Å². The summed E-state index contributed by atoms with van der Waals surface area (Å²) in [5.41, 5.74) is 0.370. The highest BCUT2D eigenvalue weighted by Gasteiger charge is 2.65. The van der Waals surface area contributed by atoms with E-state index in [1.54, 1.807) is 24.1 Å². The average molecular weight is 407 g/mol. The molecule has 0 aromatic heterocycles. The first-order valence-corrected chi connectivity index (χ1v) is 12.9. The van der Waals surface area contributed by atoms with Gasteiger partial charge in [-0.2, -0.15) is 0 Å². The summed E-state index contributed by atoms with van der Waals surface area (Å²) in [6.45, 7) is 5.68. The van der Waals surface area contributed by atoms with Gasteiger partial charge in [-0.25, -0.2) is 0 Å². The van der Waals surface area contributed by atoms with E-state index in [1.807, 2.05) is 19.1 Å². The number of amides is 2. The van der Waals surface area contributed by atoms with Crippen LogP contribution in [0.4, 0.5) is 15.5 Å². The van der Waals surface area contributed by atoms with E-state index < -0.39 is 25.7 Å². The number of anilines is 2. The van der Waals surface area contributed by atoms with E-state index in [9.17, 15) is 14.7 Å². The normalized spacial score (nSPS) is 32.3. The number of carbonyl (C=O) groups is 2. The minimum absolute atomic E-state index is 0.0694. The van der Waals surface area contributed by atoms with Crippen molar-refractivity contribution >= 4 is 31.6 Å².